The molecular weight excluding hydrogens is 398 g/mol. The Kier molecular flexibility index (Phi) is 6.37. The van der Waals surface area contributed by atoms with Gasteiger partial charge in [-0.1, -0.05) is 67.3 Å². The maximum absolute atomic E-state index is 13.7. The first-order valence-corrected chi connectivity index (χ1v) is 12.2. The summed E-state index contributed by atoms with van der Waals surface area (Å²) in [7, 11) is -3.77. The fourth-order valence-corrected chi connectivity index (χ4v) is 6.36. The van der Waals surface area contributed by atoms with Crippen molar-refractivity contribution >= 4 is 15.8 Å². The van der Waals surface area contributed by atoms with Crippen LogP contribution in [-0.2, 0) is 14.8 Å². The van der Waals surface area contributed by atoms with E-state index in [1.165, 1.54) is 10.7 Å². The Labute approximate surface area is 179 Å². The molecule has 0 spiro atoms. The van der Waals surface area contributed by atoms with Gasteiger partial charge in [-0.15, -0.1) is 0 Å². The van der Waals surface area contributed by atoms with Gasteiger partial charge in [-0.3, -0.25) is 4.79 Å². The lowest BCUT2D eigenvalue weighted by atomic mass is 9.88. The van der Waals surface area contributed by atoms with Gasteiger partial charge in [0.15, 0.2) is 5.78 Å². The molecule has 1 heterocycles. The van der Waals surface area contributed by atoms with E-state index in [1.54, 1.807) is 24.3 Å². The maximum Gasteiger partial charge on any atom is 0.245 e. The first-order valence-electron chi connectivity index (χ1n) is 10.8. The highest BCUT2D eigenvalue weighted by Crippen LogP contribution is 2.38. The van der Waals surface area contributed by atoms with Crippen molar-refractivity contribution in [3.8, 4) is 0 Å². The van der Waals surface area contributed by atoms with Crippen molar-refractivity contribution in [2.75, 3.05) is 6.61 Å². The normalized spacial score (nSPS) is 23.5. The number of Topliss-reactive ketones (excluding diaryl/α,β-unsaturated/α-hetero) is 1. The molecule has 1 aliphatic heterocycles. The number of ether oxygens (including phenoxy) is 1. The van der Waals surface area contributed by atoms with Gasteiger partial charge in [-0.25, -0.2) is 8.42 Å². The number of rotatable bonds is 6. The molecule has 0 amide bonds. The number of ketones is 1. The predicted molar refractivity (Wildman–Crippen MR) is 116 cm³/mol. The van der Waals surface area contributed by atoms with Gasteiger partial charge in [-0.2, -0.15) is 4.31 Å². The summed E-state index contributed by atoms with van der Waals surface area (Å²) in [6, 6.07) is 15.5. The third kappa shape index (κ3) is 4.36. The fourth-order valence-electron chi connectivity index (χ4n) is 4.60. The summed E-state index contributed by atoms with van der Waals surface area (Å²) in [5, 5.41) is 0. The molecule has 0 N–H and O–H groups in total. The minimum Gasteiger partial charge on any atom is -0.360 e. The zero-order valence-corrected chi connectivity index (χ0v) is 18.2. The van der Waals surface area contributed by atoms with Crippen molar-refractivity contribution in [2.24, 2.45) is 5.92 Å². The van der Waals surface area contributed by atoms with Crippen molar-refractivity contribution < 1.29 is 17.9 Å². The van der Waals surface area contributed by atoms with E-state index >= 15 is 0 Å². The van der Waals surface area contributed by atoms with E-state index in [0.29, 0.717) is 5.56 Å². The summed E-state index contributed by atoms with van der Waals surface area (Å²) in [5.41, 5.74) is 1.61. The number of aryl methyl sites for hydroxylation is 1. The number of benzene rings is 2. The zero-order chi connectivity index (χ0) is 21.1. The first-order chi connectivity index (χ1) is 14.5. The standard InChI is InChI=1S/C24H29NO4S/c1-18-12-14-22(15-13-18)30(27,28)25-21(16-23(26)19-8-4-2-5-9-19)17-29-24(25)20-10-6-3-7-11-20/h2,4-5,8-9,12-15,20-21,24H,3,6-7,10-11,16-17H2,1H3/t21-,24-/m1/s1. The highest BCUT2D eigenvalue weighted by atomic mass is 32.2. The highest BCUT2D eigenvalue weighted by molar-refractivity contribution is 7.89. The van der Waals surface area contributed by atoms with Crippen LogP contribution in [0.1, 0.15) is 54.4 Å². The van der Waals surface area contributed by atoms with Crippen LogP contribution in [0.15, 0.2) is 59.5 Å². The SMILES string of the molecule is Cc1ccc(S(=O)(=O)N2[C@H](CC(=O)c3ccccc3)CO[C@@H]2C2CCCCC2)cc1. The molecule has 5 nitrogen and oxygen atoms in total. The second kappa shape index (κ2) is 9.00. The van der Waals surface area contributed by atoms with Crippen LogP contribution < -0.4 is 0 Å². The van der Waals surface area contributed by atoms with E-state index in [2.05, 4.69) is 0 Å². The summed E-state index contributed by atoms with van der Waals surface area (Å²) < 4.78 is 34.9. The van der Waals surface area contributed by atoms with Crippen molar-refractivity contribution in [2.45, 2.75) is 62.6 Å². The van der Waals surface area contributed by atoms with Crippen LogP contribution in [0, 0.1) is 12.8 Å². The lowest BCUT2D eigenvalue weighted by Crippen LogP contribution is -2.46. The predicted octanol–water partition coefficient (Wildman–Crippen LogP) is 4.56. The topological polar surface area (TPSA) is 63.7 Å². The van der Waals surface area contributed by atoms with Crippen LogP contribution in [0.25, 0.3) is 0 Å². The van der Waals surface area contributed by atoms with Crippen LogP contribution in [0.5, 0.6) is 0 Å². The third-order valence-electron chi connectivity index (χ3n) is 6.24. The molecule has 0 bridgehead atoms. The lowest BCUT2D eigenvalue weighted by Gasteiger charge is -2.34. The van der Waals surface area contributed by atoms with E-state index < -0.39 is 22.3 Å². The van der Waals surface area contributed by atoms with Gasteiger partial charge < -0.3 is 4.74 Å². The quantitative estimate of drug-likeness (QED) is 0.634. The smallest absolute Gasteiger partial charge is 0.245 e. The third-order valence-corrected chi connectivity index (χ3v) is 8.17. The monoisotopic (exact) mass is 427 g/mol. The number of hydrogen-bond donors (Lipinski definition) is 0. The zero-order valence-electron chi connectivity index (χ0n) is 17.4. The van der Waals surface area contributed by atoms with Gasteiger partial charge in [0.1, 0.15) is 6.23 Å². The van der Waals surface area contributed by atoms with Gasteiger partial charge >= 0.3 is 0 Å². The molecule has 1 saturated heterocycles. The molecule has 2 fully saturated rings. The molecule has 1 aliphatic carbocycles. The van der Waals surface area contributed by atoms with Crippen molar-refractivity contribution in [1.82, 2.24) is 4.31 Å². The van der Waals surface area contributed by atoms with E-state index in [9.17, 15) is 13.2 Å². The van der Waals surface area contributed by atoms with E-state index in [4.69, 9.17) is 4.74 Å². The molecule has 2 aliphatic rings. The Hall–Kier alpha value is -2.02. The molecule has 6 heteroatoms. The molecule has 0 aromatic heterocycles. The Morgan fingerprint density at radius 2 is 1.67 bits per heavy atom. The summed E-state index contributed by atoms with van der Waals surface area (Å²) in [6.07, 6.45) is 4.92. The molecular formula is C24H29NO4S. The van der Waals surface area contributed by atoms with Gasteiger partial charge in [-0.05, 0) is 37.8 Å². The van der Waals surface area contributed by atoms with Crippen LogP contribution in [0.2, 0.25) is 0 Å². The largest absolute Gasteiger partial charge is 0.360 e. The van der Waals surface area contributed by atoms with E-state index in [0.717, 1.165) is 31.2 Å². The molecule has 1 saturated carbocycles. The summed E-state index contributed by atoms with van der Waals surface area (Å²) >= 11 is 0. The average molecular weight is 428 g/mol. The maximum atomic E-state index is 13.7. The lowest BCUT2D eigenvalue weighted by molar-refractivity contribution is 0.00449. The Balaban J connectivity index is 1.65. The number of carbonyl (C=O) groups excluding carboxylic acids is 1. The van der Waals surface area contributed by atoms with Gasteiger partial charge in [0.2, 0.25) is 10.0 Å². The molecule has 0 radical (unpaired) electrons. The molecule has 30 heavy (non-hydrogen) atoms. The Morgan fingerprint density at radius 1 is 1.00 bits per heavy atom. The Morgan fingerprint density at radius 3 is 2.33 bits per heavy atom. The molecule has 2 atom stereocenters. The molecule has 2 aromatic rings. The molecule has 2 aromatic carbocycles. The first kappa shape index (κ1) is 21.2. The number of hydrogen-bond acceptors (Lipinski definition) is 4. The number of nitrogens with zero attached hydrogens (tertiary/aromatic N) is 1. The summed E-state index contributed by atoms with van der Waals surface area (Å²) in [6.45, 7) is 2.19. The molecule has 4 rings (SSSR count). The number of carbonyl (C=O) groups is 1. The van der Waals surface area contributed by atoms with Crippen LogP contribution >= 0.6 is 0 Å². The van der Waals surface area contributed by atoms with Gasteiger partial charge in [0.25, 0.3) is 0 Å². The van der Waals surface area contributed by atoms with Crippen LogP contribution in [0.4, 0.5) is 0 Å². The summed E-state index contributed by atoms with van der Waals surface area (Å²) in [5.74, 6) is 0.119. The average Bonchev–Trinajstić information content (AvgIpc) is 3.19. The Bertz CT molecular complexity index is 966. The van der Waals surface area contributed by atoms with Gasteiger partial charge in [0.05, 0.1) is 17.5 Å². The van der Waals surface area contributed by atoms with Crippen molar-refractivity contribution in [1.29, 1.82) is 0 Å². The van der Waals surface area contributed by atoms with E-state index in [-0.39, 0.29) is 29.6 Å². The van der Waals surface area contributed by atoms with Crippen molar-refractivity contribution in [3.63, 3.8) is 0 Å². The number of sulfonamides is 1. The van der Waals surface area contributed by atoms with E-state index in [1.807, 2.05) is 37.3 Å². The summed E-state index contributed by atoms with van der Waals surface area (Å²) in [4.78, 5) is 13.1. The van der Waals surface area contributed by atoms with Crippen LogP contribution in [-0.4, -0.2) is 37.4 Å². The van der Waals surface area contributed by atoms with Gasteiger partial charge in [0, 0.05) is 12.0 Å². The molecule has 160 valence electrons. The van der Waals surface area contributed by atoms with Crippen molar-refractivity contribution in [3.05, 3.63) is 65.7 Å². The minimum atomic E-state index is -3.77. The fraction of sp³-hybridized carbons (Fsp3) is 0.458. The second-order valence-corrected chi connectivity index (χ2v) is 10.3. The minimum absolute atomic E-state index is 0.0578. The molecule has 0 unspecified atom stereocenters. The van der Waals surface area contributed by atoms with Crippen LogP contribution in [0.3, 0.4) is 0 Å². The highest BCUT2D eigenvalue weighted by Gasteiger charge is 2.47. The second-order valence-electron chi connectivity index (χ2n) is 8.42.